The summed E-state index contributed by atoms with van der Waals surface area (Å²) < 4.78 is 43.0. The topological polar surface area (TPSA) is 75.7 Å². The summed E-state index contributed by atoms with van der Waals surface area (Å²) in [6.45, 7) is 5.12. The van der Waals surface area contributed by atoms with Gasteiger partial charge in [0.15, 0.2) is 9.84 Å². The van der Waals surface area contributed by atoms with Gasteiger partial charge in [-0.15, -0.1) is 0 Å². The van der Waals surface area contributed by atoms with Crippen molar-refractivity contribution in [1.29, 1.82) is 0 Å². The number of benzene rings is 2. The Hall–Kier alpha value is -2.45. The van der Waals surface area contributed by atoms with Gasteiger partial charge in [-0.2, -0.15) is 0 Å². The van der Waals surface area contributed by atoms with Crippen molar-refractivity contribution in [2.24, 2.45) is 0 Å². The van der Waals surface area contributed by atoms with E-state index in [1.807, 2.05) is 18.7 Å². The molecule has 1 saturated heterocycles. The normalized spacial score (nSPS) is 19.8. The van der Waals surface area contributed by atoms with Crippen molar-refractivity contribution < 1.29 is 22.3 Å². The fourth-order valence-electron chi connectivity index (χ4n) is 3.47. The Balaban J connectivity index is 1.69. The fourth-order valence-corrected chi connectivity index (χ4v) is 4.27. The van der Waals surface area contributed by atoms with Crippen LogP contribution in [0.3, 0.4) is 0 Å². The Bertz CT molecular complexity index is 982. The van der Waals surface area contributed by atoms with Gasteiger partial charge in [-0.25, -0.2) is 12.8 Å². The van der Waals surface area contributed by atoms with Crippen LogP contribution in [0, 0.1) is 5.82 Å². The van der Waals surface area contributed by atoms with Gasteiger partial charge >= 0.3 is 0 Å². The molecule has 1 aliphatic heterocycles. The molecule has 2 atom stereocenters. The molecule has 0 unspecified atom stereocenters. The molecule has 6 nitrogen and oxygen atoms in total. The average Bonchev–Trinajstić information content (AvgIpc) is 2.60. The molecule has 0 radical (unpaired) electrons. The number of nitrogens with zero attached hydrogens (tertiary/aromatic N) is 1. The number of sulfone groups is 1. The molecular formula is C21H25FN2O4S. The highest BCUT2D eigenvalue weighted by atomic mass is 32.2. The molecule has 1 fully saturated rings. The molecule has 3 rings (SSSR count). The third kappa shape index (κ3) is 5.77. The molecule has 0 bridgehead atoms. The Morgan fingerprint density at radius 3 is 2.31 bits per heavy atom. The molecule has 2 aromatic carbocycles. The molecular weight excluding hydrogens is 395 g/mol. The number of carbonyl (C=O) groups excluding carboxylic acids is 1. The first-order valence-electron chi connectivity index (χ1n) is 9.38. The molecule has 29 heavy (non-hydrogen) atoms. The maximum atomic E-state index is 14.7. The predicted molar refractivity (Wildman–Crippen MR) is 112 cm³/mol. The van der Waals surface area contributed by atoms with Gasteiger partial charge < -0.3 is 15.0 Å². The first-order chi connectivity index (χ1) is 13.6. The number of carbonyl (C=O) groups is 1. The SMILES string of the molecule is C[C@H]1CN(c2ccc(NC(=O)c3ccc(CS(C)(=O)=O)cc3)cc2F)C[C@H](C)O1. The molecule has 8 heteroatoms. The number of hydrogen-bond donors (Lipinski definition) is 1. The first kappa shape index (κ1) is 21.3. The van der Waals surface area contributed by atoms with Crippen LogP contribution in [0.25, 0.3) is 0 Å². The molecule has 0 spiro atoms. The minimum atomic E-state index is -3.14. The molecule has 2 aromatic rings. The molecule has 0 aliphatic carbocycles. The number of morpholine rings is 1. The largest absolute Gasteiger partial charge is 0.372 e. The Morgan fingerprint density at radius 2 is 1.76 bits per heavy atom. The van der Waals surface area contributed by atoms with Crippen molar-refractivity contribution in [1.82, 2.24) is 0 Å². The lowest BCUT2D eigenvalue weighted by atomic mass is 10.1. The van der Waals surface area contributed by atoms with Gasteiger partial charge in [0.1, 0.15) is 5.82 Å². The lowest BCUT2D eigenvalue weighted by Crippen LogP contribution is -2.45. The van der Waals surface area contributed by atoms with Crippen LogP contribution in [-0.2, 0) is 20.3 Å². The van der Waals surface area contributed by atoms with Crippen molar-refractivity contribution in [2.45, 2.75) is 31.8 Å². The monoisotopic (exact) mass is 420 g/mol. The van der Waals surface area contributed by atoms with E-state index in [1.54, 1.807) is 36.4 Å². The summed E-state index contributed by atoms with van der Waals surface area (Å²) in [7, 11) is -3.14. The second kappa shape index (κ2) is 8.51. The van der Waals surface area contributed by atoms with Gasteiger partial charge in [-0.1, -0.05) is 12.1 Å². The lowest BCUT2D eigenvalue weighted by Gasteiger charge is -2.37. The van der Waals surface area contributed by atoms with Gasteiger partial charge in [0.25, 0.3) is 5.91 Å². The van der Waals surface area contributed by atoms with E-state index in [4.69, 9.17) is 4.74 Å². The Morgan fingerprint density at radius 1 is 1.14 bits per heavy atom. The third-order valence-electron chi connectivity index (χ3n) is 4.61. The second-order valence-electron chi connectivity index (χ2n) is 7.55. The number of halogens is 1. The predicted octanol–water partition coefficient (Wildman–Crippen LogP) is 3.24. The summed E-state index contributed by atoms with van der Waals surface area (Å²) in [6, 6.07) is 10.9. The van der Waals surface area contributed by atoms with E-state index in [9.17, 15) is 17.6 Å². The van der Waals surface area contributed by atoms with Crippen LogP contribution in [0.1, 0.15) is 29.8 Å². The number of anilines is 2. The smallest absolute Gasteiger partial charge is 0.255 e. The minimum absolute atomic E-state index is 0.0168. The summed E-state index contributed by atoms with van der Waals surface area (Å²) in [5.41, 5.74) is 1.80. The zero-order valence-electron chi connectivity index (χ0n) is 16.7. The molecule has 1 amide bonds. The van der Waals surface area contributed by atoms with Crippen LogP contribution in [0.2, 0.25) is 0 Å². The summed E-state index contributed by atoms with van der Waals surface area (Å²) in [4.78, 5) is 14.4. The summed E-state index contributed by atoms with van der Waals surface area (Å²) in [5.74, 6) is -0.885. The van der Waals surface area contributed by atoms with Crippen molar-refractivity contribution in [3.63, 3.8) is 0 Å². The highest BCUT2D eigenvalue weighted by Gasteiger charge is 2.24. The van der Waals surface area contributed by atoms with Crippen molar-refractivity contribution in [3.05, 3.63) is 59.4 Å². The van der Waals surface area contributed by atoms with Gasteiger partial charge in [0, 0.05) is 30.6 Å². The maximum absolute atomic E-state index is 14.7. The van der Waals surface area contributed by atoms with E-state index < -0.39 is 21.6 Å². The van der Waals surface area contributed by atoms with Crippen molar-refractivity contribution >= 4 is 27.1 Å². The number of ether oxygens (including phenoxy) is 1. The van der Waals surface area contributed by atoms with Crippen LogP contribution in [0.5, 0.6) is 0 Å². The standard InChI is InChI=1S/C21H25FN2O4S/c1-14-11-24(12-15(2)28-14)20-9-8-18(10-19(20)22)23-21(25)17-6-4-16(5-7-17)13-29(3,26)27/h4-10,14-15H,11-13H2,1-3H3,(H,23,25)/t14-,15-/m0/s1. The number of amides is 1. The number of rotatable bonds is 5. The van der Waals surface area contributed by atoms with Crippen LogP contribution in [0.4, 0.5) is 15.8 Å². The zero-order chi connectivity index (χ0) is 21.2. The summed E-state index contributed by atoms with van der Waals surface area (Å²) in [6.07, 6.45) is 1.19. The quantitative estimate of drug-likeness (QED) is 0.804. The van der Waals surface area contributed by atoms with E-state index in [-0.39, 0.29) is 18.0 Å². The van der Waals surface area contributed by atoms with E-state index in [1.165, 1.54) is 6.07 Å². The highest BCUT2D eigenvalue weighted by molar-refractivity contribution is 7.89. The highest BCUT2D eigenvalue weighted by Crippen LogP contribution is 2.26. The van der Waals surface area contributed by atoms with Crippen molar-refractivity contribution in [3.8, 4) is 0 Å². The molecule has 1 aliphatic rings. The third-order valence-corrected chi connectivity index (χ3v) is 5.47. The number of hydrogen-bond acceptors (Lipinski definition) is 5. The van der Waals surface area contributed by atoms with E-state index >= 15 is 0 Å². The van der Waals surface area contributed by atoms with Crippen LogP contribution in [-0.4, -0.2) is 45.9 Å². The first-order valence-corrected chi connectivity index (χ1v) is 11.4. The molecule has 0 saturated carbocycles. The van der Waals surface area contributed by atoms with Gasteiger partial charge in [0.05, 0.1) is 23.6 Å². The molecule has 0 aromatic heterocycles. The van der Waals surface area contributed by atoms with Gasteiger partial charge in [0.2, 0.25) is 0 Å². The maximum Gasteiger partial charge on any atom is 0.255 e. The average molecular weight is 421 g/mol. The summed E-state index contributed by atoms with van der Waals surface area (Å²) in [5, 5.41) is 2.67. The fraction of sp³-hybridized carbons (Fsp3) is 0.381. The minimum Gasteiger partial charge on any atom is -0.372 e. The molecule has 156 valence electrons. The van der Waals surface area contributed by atoms with E-state index in [0.29, 0.717) is 35.6 Å². The van der Waals surface area contributed by atoms with E-state index in [2.05, 4.69) is 5.32 Å². The second-order valence-corrected chi connectivity index (χ2v) is 9.69. The van der Waals surface area contributed by atoms with Crippen LogP contribution < -0.4 is 10.2 Å². The van der Waals surface area contributed by atoms with Gasteiger partial charge in [-0.3, -0.25) is 4.79 Å². The van der Waals surface area contributed by atoms with Crippen molar-refractivity contribution in [2.75, 3.05) is 29.6 Å². The van der Waals surface area contributed by atoms with Crippen LogP contribution in [0.15, 0.2) is 42.5 Å². The molecule has 1 heterocycles. The molecule has 1 N–H and O–H groups in total. The van der Waals surface area contributed by atoms with Gasteiger partial charge in [-0.05, 0) is 49.7 Å². The number of nitrogens with one attached hydrogen (secondary N) is 1. The summed E-state index contributed by atoms with van der Waals surface area (Å²) >= 11 is 0. The lowest BCUT2D eigenvalue weighted by molar-refractivity contribution is -0.00539. The van der Waals surface area contributed by atoms with E-state index in [0.717, 1.165) is 6.26 Å². The Kier molecular flexibility index (Phi) is 6.24. The Labute approximate surface area is 170 Å². The van der Waals surface area contributed by atoms with Crippen LogP contribution >= 0.6 is 0 Å². The zero-order valence-corrected chi connectivity index (χ0v) is 17.5.